The molecule has 60 valence electrons. The monoisotopic (exact) mass is 163 g/mol. The number of hydrogen-bond acceptors (Lipinski definition) is 1. The van der Waals surface area contributed by atoms with Gasteiger partial charge < -0.3 is 4.90 Å². The molecule has 0 bridgehead atoms. The van der Waals surface area contributed by atoms with Gasteiger partial charge in [-0.05, 0) is 13.8 Å². The first-order valence-electron chi connectivity index (χ1n) is 3.22. The predicted molar refractivity (Wildman–Crippen MR) is 43.2 cm³/mol. The summed E-state index contributed by atoms with van der Waals surface area (Å²) in [7, 11) is 1.75. The molecular formula is C7H14ClNO. The molecule has 0 aliphatic heterocycles. The molecule has 0 heterocycles. The van der Waals surface area contributed by atoms with Crippen molar-refractivity contribution in [2.45, 2.75) is 26.3 Å². The molecule has 3 heteroatoms. The van der Waals surface area contributed by atoms with Gasteiger partial charge in [0.1, 0.15) is 0 Å². The van der Waals surface area contributed by atoms with Gasteiger partial charge in [-0.15, -0.1) is 11.6 Å². The Morgan fingerprint density at radius 1 is 1.60 bits per heavy atom. The van der Waals surface area contributed by atoms with E-state index in [1.54, 1.807) is 11.9 Å². The minimum atomic E-state index is -0.229. The zero-order chi connectivity index (χ0) is 8.36. The van der Waals surface area contributed by atoms with Crippen molar-refractivity contribution in [2.75, 3.05) is 12.9 Å². The predicted octanol–water partition coefficient (Wildman–Crippen LogP) is 1.48. The van der Waals surface area contributed by atoms with Crippen LogP contribution in [0.25, 0.3) is 0 Å². The molecule has 0 rings (SSSR count). The third kappa shape index (κ3) is 2.18. The van der Waals surface area contributed by atoms with Crippen LogP contribution in [0.4, 0.5) is 0 Å². The summed E-state index contributed by atoms with van der Waals surface area (Å²) in [5, 5.41) is 0. The molecule has 10 heavy (non-hydrogen) atoms. The number of halogens is 1. The average molecular weight is 164 g/mol. The molecule has 0 aliphatic rings. The maximum absolute atomic E-state index is 10.8. The molecule has 1 amide bonds. The summed E-state index contributed by atoms with van der Waals surface area (Å²) < 4.78 is 0. The summed E-state index contributed by atoms with van der Waals surface area (Å²) in [6.07, 6.45) is 0. The Kier molecular flexibility index (Phi) is 3.16. The Morgan fingerprint density at radius 3 is 2.10 bits per heavy atom. The van der Waals surface area contributed by atoms with Crippen molar-refractivity contribution in [3.63, 3.8) is 0 Å². The maximum Gasteiger partial charge on any atom is 0.219 e. The first-order valence-corrected chi connectivity index (χ1v) is 3.75. The van der Waals surface area contributed by atoms with Crippen LogP contribution < -0.4 is 0 Å². The fourth-order valence-corrected chi connectivity index (χ4v) is 0.695. The van der Waals surface area contributed by atoms with Crippen LogP contribution in [0.2, 0.25) is 0 Å². The van der Waals surface area contributed by atoms with E-state index in [4.69, 9.17) is 11.6 Å². The summed E-state index contributed by atoms with van der Waals surface area (Å²) >= 11 is 5.64. The van der Waals surface area contributed by atoms with Crippen LogP contribution in [0.5, 0.6) is 0 Å². The number of amides is 1. The van der Waals surface area contributed by atoms with Crippen LogP contribution in [0, 0.1) is 0 Å². The second kappa shape index (κ2) is 3.24. The van der Waals surface area contributed by atoms with Gasteiger partial charge in [0, 0.05) is 19.9 Å². The van der Waals surface area contributed by atoms with Crippen molar-refractivity contribution in [3.8, 4) is 0 Å². The molecule has 0 saturated carbocycles. The second-order valence-corrected chi connectivity index (χ2v) is 3.29. The van der Waals surface area contributed by atoms with Gasteiger partial charge in [-0.25, -0.2) is 0 Å². The first-order chi connectivity index (χ1) is 4.41. The summed E-state index contributed by atoms with van der Waals surface area (Å²) in [5.74, 6) is 0.508. The van der Waals surface area contributed by atoms with Crippen molar-refractivity contribution >= 4 is 17.5 Å². The highest BCUT2D eigenvalue weighted by Crippen LogP contribution is 2.13. The molecule has 2 nitrogen and oxygen atoms in total. The van der Waals surface area contributed by atoms with E-state index >= 15 is 0 Å². The number of alkyl halides is 1. The van der Waals surface area contributed by atoms with E-state index < -0.39 is 0 Å². The third-order valence-electron chi connectivity index (χ3n) is 1.71. The van der Waals surface area contributed by atoms with Crippen molar-refractivity contribution < 1.29 is 4.79 Å². The van der Waals surface area contributed by atoms with Crippen molar-refractivity contribution in [1.29, 1.82) is 0 Å². The average Bonchev–Trinajstić information content (AvgIpc) is 1.86. The van der Waals surface area contributed by atoms with Crippen LogP contribution in [-0.2, 0) is 4.79 Å². The van der Waals surface area contributed by atoms with Crippen molar-refractivity contribution in [1.82, 2.24) is 4.90 Å². The van der Waals surface area contributed by atoms with Gasteiger partial charge in [0.15, 0.2) is 0 Å². The van der Waals surface area contributed by atoms with Crippen LogP contribution in [-0.4, -0.2) is 29.3 Å². The van der Waals surface area contributed by atoms with Crippen molar-refractivity contribution in [2.24, 2.45) is 0 Å². The molecule has 0 radical (unpaired) electrons. The van der Waals surface area contributed by atoms with Crippen LogP contribution in [0.3, 0.4) is 0 Å². The highest BCUT2D eigenvalue weighted by molar-refractivity contribution is 6.18. The molecule has 0 fully saturated rings. The Bertz CT molecular complexity index is 134. The summed E-state index contributed by atoms with van der Waals surface area (Å²) in [5.41, 5.74) is -0.229. The number of nitrogens with zero attached hydrogens (tertiary/aromatic N) is 1. The van der Waals surface area contributed by atoms with Gasteiger partial charge in [0.25, 0.3) is 0 Å². The number of carbonyl (C=O) groups excluding carboxylic acids is 1. The fraction of sp³-hybridized carbons (Fsp3) is 0.857. The number of rotatable bonds is 2. The Balaban J connectivity index is 4.17. The summed E-state index contributed by atoms with van der Waals surface area (Å²) in [6, 6.07) is 0. The highest BCUT2D eigenvalue weighted by atomic mass is 35.5. The van der Waals surface area contributed by atoms with Gasteiger partial charge in [-0.2, -0.15) is 0 Å². The fourth-order valence-electron chi connectivity index (χ4n) is 0.516. The SMILES string of the molecule is CC(=O)N(C)C(C)(C)CCl. The quantitative estimate of drug-likeness (QED) is 0.565. The normalized spacial score (nSPS) is 11.3. The number of hydrogen-bond donors (Lipinski definition) is 0. The van der Waals surface area contributed by atoms with Gasteiger partial charge in [0.05, 0.1) is 5.54 Å². The smallest absolute Gasteiger partial charge is 0.219 e. The molecule has 0 aromatic carbocycles. The maximum atomic E-state index is 10.8. The molecule has 0 spiro atoms. The van der Waals surface area contributed by atoms with E-state index in [9.17, 15) is 4.79 Å². The van der Waals surface area contributed by atoms with Crippen LogP contribution in [0.1, 0.15) is 20.8 Å². The van der Waals surface area contributed by atoms with Gasteiger partial charge in [-0.3, -0.25) is 4.79 Å². The zero-order valence-corrected chi connectivity index (χ0v) is 7.70. The molecule has 0 saturated heterocycles. The van der Waals surface area contributed by atoms with E-state index in [2.05, 4.69) is 0 Å². The van der Waals surface area contributed by atoms with Crippen molar-refractivity contribution in [3.05, 3.63) is 0 Å². The number of carbonyl (C=O) groups is 1. The molecule has 0 atom stereocenters. The van der Waals surface area contributed by atoms with E-state index in [-0.39, 0.29) is 11.4 Å². The molecule has 0 aromatic rings. The highest BCUT2D eigenvalue weighted by Gasteiger charge is 2.23. The van der Waals surface area contributed by atoms with Crippen LogP contribution in [0.15, 0.2) is 0 Å². The first kappa shape index (κ1) is 9.76. The van der Waals surface area contributed by atoms with Gasteiger partial charge >= 0.3 is 0 Å². The Hall–Kier alpha value is -0.240. The molecule has 0 aliphatic carbocycles. The second-order valence-electron chi connectivity index (χ2n) is 3.02. The minimum absolute atomic E-state index is 0.0469. The van der Waals surface area contributed by atoms with Gasteiger partial charge in [0.2, 0.25) is 5.91 Å². The summed E-state index contributed by atoms with van der Waals surface area (Å²) in [6.45, 7) is 5.40. The van der Waals surface area contributed by atoms with E-state index in [1.165, 1.54) is 6.92 Å². The lowest BCUT2D eigenvalue weighted by atomic mass is 10.1. The zero-order valence-electron chi connectivity index (χ0n) is 6.94. The van der Waals surface area contributed by atoms with Crippen LogP contribution >= 0.6 is 11.6 Å². The lowest BCUT2D eigenvalue weighted by molar-refractivity contribution is -0.131. The lowest BCUT2D eigenvalue weighted by Gasteiger charge is -2.32. The third-order valence-corrected chi connectivity index (χ3v) is 2.36. The Labute approximate surface area is 67.2 Å². The van der Waals surface area contributed by atoms with E-state index in [1.807, 2.05) is 13.8 Å². The standard InChI is InChI=1S/C7H14ClNO/c1-6(10)9(4)7(2,3)5-8/h5H2,1-4H3. The topological polar surface area (TPSA) is 20.3 Å². The van der Waals surface area contributed by atoms with Gasteiger partial charge in [-0.1, -0.05) is 0 Å². The largest absolute Gasteiger partial charge is 0.340 e. The molecule has 0 unspecified atom stereocenters. The molecular weight excluding hydrogens is 150 g/mol. The minimum Gasteiger partial charge on any atom is -0.340 e. The van der Waals surface area contributed by atoms with E-state index in [0.717, 1.165) is 0 Å². The summed E-state index contributed by atoms with van der Waals surface area (Å²) in [4.78, 5) is 12.5. The Morgan fingerprint density at radius 2 is 2.00 bits per heavy atom. The molecule has 0 N–H and O–H groups in total. The lowest BCUT2D eigenvalue weighted by Crippen LogP contribution is -2.45. The van der Waals surface area contributed by atoms with E-state index in [0.29, 0.717) is 5.88 Å². The molecule has 0 aromatic heterocycles.